The quantitative estimate of drug-likeness (QED) is 0.350. The third-order valence-electron chi connectivity index (χ3n) is 4.03. The smallest absolute Gasteiger partial charge is 0.271 e. The molecule has 3 aromatic rings. The topological polar surface area (TPSA) is 66.6 Å². The van der Waals surface area contributed by atoms with Gasteiger partial charge in [0, 0.05) is 31.8 Å². The van der Waals surface area contributed by atoms with E-state index in [4.69, 9.17) is 0 Å². The highest BCUT2D eigenvalue weighted by atomic mass is 127. The second kappa shape index (κ2) is 7.74. The second-order valence-corrected chi connectivity index (χ2v) is 7.13. The number of nitrogens with zero attached hydrogens (tertiary/aromatic N) is 2. The highest BCUT2D eigenvalue weighted by Gasteiger charge is 2.10. The molecule has 0 radical (unpaired) electrons. The van der Waals surface area contributed by atoms with Gasteiger partial charge >= 0.3 is 0 Å². The summed E-state index contributed by atoms with van der Waals surface area (Å²) in [6.45, 7) is 4.05. The zero-order chi connectivity index (χ0) is 18.7. The highest BCUT2D eigenvalue weighted by molar-refractivity contribution is 14.1. The number of aryl methyl sites for hydroxylation is 1. The van der Waals surface area contributed by atoms with Gasteiger partial charge in [-0.3, -0.25) is 4.79 Å². The van der Waals surface area contributed by atoms with Crippen LogP contribution in [0.3, 0.4) is 0 Å². The Hall–Kier alpha value is -2.61. The zero-order valence-corrected chi connectivity index (χ0v) is 16.6. The van der Waals surface area contributed by atoms with Gasteiger partial charge in [-0.1, -0.05) is 6.07 Å². The SMILES string of the molecule is Cc1cc(/C=N\NC(=O)c2cccc(O)c2)c(C)n1-c1ccc(I)cc1. The molecule has 0 atom stereocenters. The molecule has 0 bridgehead atoms. The van der Waals surface area contributed by atoms with Crippen LogP contribution >= 0.6 is 22.6 Å². The summed E-state index contributed by atoms with van der Waals surface area (Å²) in [7, 11) is 0. The summed E-state index contributed by atoms with van der Waals surface area (Å²) in [5.74, 6) is -0.328. The molecule has 2 N–H and O–H groups in total. The van der Waals surface area contributed by atoms with E-state index in [0.717, 1.165) is 22.6 Å². The number of phenolic OH excluding ortho intramolecular Hbond substituents is 1. The van der Waals surface area contributed by atoms with Crippen molar-refractivity contribution in [2.75, 3.05) is 0 Å². The van der Waals surface area contributed by atoms with Gasteiger partial charge in [-0.2, -0.15) is 5.10 Å². The van der Waals surface area contributed by atoms with E-state index < -0.39 is 0 Å². The lowest BCUT2D eigenvalue weighted by molar-refractivity contribution is 0.0954. The van der Waals surface area contributed by atoms with Crippen LogP contribution < -0.4 is 5.43 Å². The van der Waals surface area contributed by atoms with E-state index in [1.807, 2.05) is 19.9 Å². The molecular weight excluding hydrogens is 441 g/mol. The Morgan fingerprint density at radius 2 is 1.88 bits per heavy atom. The Balaban J connectivity index is 1.78. The Labute approximate surface area is 165 Å². The lowest BCUT2D eigenvalue weighted by atomic mass is 10.2. The number of rotatable bonds is 4. The fourth-order valence-corrected chi connectivity index (χ4v) is 3.14. The van der Waals surface area contributed by atoms with Gasteiger partial charge in [0.25, 0.3) is 5.91 Å². The average Bonchev–Trinajstić information content (AvgIpc) is 2.89. The van der Waals surface area contributed by atoms with E-state index in [-0.39, 0.29) is 11.7 Å². The van der Waals surface area contributed by atoms with Crippen LogP contribution in [0.25, 0.3) is 5.69 Å². The molecule has 26 heavy (non-hydrogen) atoms. The van der Waals surface area contributed by atoms with Crippen LogP contribution in [0.1, 0.15) is 27.3 Å². The van der Waals surface area contributed by atoms with Crippen molar-refractivity contribution in [1.82, 2.24) is 9.99 Å². The fraction of sp³-hybridized carbons (Fsp3) is 0.100. The van der Waals surface area contributed by atoms with E-state index in [0.29, 0.717) is 5.56 Å². The van der Waals surface area contributed by atoms with Gasteiger partial charge in [0.05, 0.1) is 6.21 Å². The van der Waals surface area contributed by atoms with Gasteiger partial charge in [0.15, 0.2) is 0 Å². The summed E-state index contributed by atoms with van der Waals surface area (Å²) in [6, 6.07) is 16.5. The molecule has 0 saturated heterocycles. The maximum absolute atomic E-state index is 12.1. The number of phenols is 1. The van der Waals surface area contributed by atoms with Gasteiger partial charge in [0.2, 0.25) is 0 Å². The number of hydrogen-bond acceptors (Lipinski definition) is 3. The van der Waals surface area contributed by atoms with Gasteiger partial charge in [-0.15, -0.1) is 0 Å². The van der Waals surface area contributed by atoms with Crippen molar-refractivity contribution in [1.29, 1.82) is 0 Å². The Morgan fingerprint density at radius 3 is 2.58 bits per heavy atom. The molecule has 0 fully saturated rings. The molecule has 1 amide bonds. The molecule has 0 unspecified atom stereocenters. The molecule has 0 aliphatic heterocycles. The van der Waals surface area contributed by atoms with Crippen LogP contribution in [0.4, 0.5) is 0 Å². The first-order valence-electron chi connectivity index (χ1n) is 8.03. The largest absolute Gasteiger partial charge is 0.508 e. The number of carbonyl (C=O) groups is 1. The molecule has 1 heterocycles. The predicted molar refractivity (Wildman–Crippen MR) is 111 cm³/mol. The zero-order valence-electron chi connectivity index (χ0n) is 14.4. The first-order valence-corrected chi connectivity index (χ1v) is 9.11. The minimum Gasteiger partial charge on any atom is -0.508 e. The maximum atomic E-state index is 12.1. The van der Waals surface area contributed by atoms with Crippen molar-refractivity contribution in [3.63, 3.8) is 0 Å². The van der Waals surface area contributed by atoms with Gasteiger partial charge in [-0.05, 0) is 85.0 Å². The summed E-state index contributed by atoms with van der Waals surface area (Å²) < 4.78 is 3.33. The number of hydrogen-bond donors (Lipinski definition) is 2. The molecule has 0 aliphatic carbocycles. The first-order chi connectivity index (χ1) is 12.5. The monoisotopic (exact) mass is 459 g/mol. The maximum Gasteiger partial charge on any atom is 0.271 e. The number of hydrazone groups is 1. The number of nitrogens with one attached hydrogen (secondary N) is 1. The number of aromatic hydroxyl groups is 1. The van der Waals surface area contributed by atoms with E-state index >= 15 is 0 Å². The average molecular weight is 459 g/mol. The minimum atomic E-state index is -0.372. The van der Waals surface area contributed by atoms with Crippen LogP contribution in [0.2, 0.25) is 0 Å². The van der Waals surface area contributed by atoms with Gasteiger partial charge in [-0.25, -0.2) is 5.43 Å². The summed E-state index contributed by atoms with van der Waals surface area (Å²) in [4.78, 5) is 12.1. The molecule has 2 aromatic carbocycles. The lowest BCUT2D eigenvalue weighted by Gasteiger charge is -2.09. The summed E-state index contributed by atoms with van der Waals surface area (Å²) >= 11 is 2.28. The summed E-state index contributed by atoms with van der Waals surface area (Å²) in [5, 5.41) is 13.5. The third-order valence-corrected chi connectivity index (χ3v) is 4.75. The molecule has 6 heteroatoms. The molecule has 5 nitrogen and oxygen atoms in total. The Morgan fingerprint density at radius 1 is 1.15 bits per heavy atom. The van der Waals surface area contributed by atoms with Crippen molar-refractivity contribution in [3.8, 4) is 11.4 Å². The van der Waals surface area contributed by atoms with E-state index in [1.165, 1.54) is 15.7 Å². The second-order valence-electron chi connectivity index (χ2n) is 5.89. The van der Waals surface area contributed by atoms with E-state index in [9.17, 15) is 9.90 Å². The number of carbonyl (C=O) groups excluding carboxylic acids is 1. The van der Waals surface area contributed by atoms with Crippen molar-refractivity contribution in [2.45, 2.75) is 13.8 Å². The number of halogens is 1. The van der Waals surface area contributed by atoms with Crippen molar-refractivity contribution >= 4 is 34.7 Å². The normalized spacial score (nSPS) is 11.0. The van der Waals surface area contributed by atoms with Gasteiger partial charge < -0.3 is 9.67 Å². The van der Waals surface area contributed by atoms with Crippen molar-refractivity contribution in [2.24, 2.45) is 5.10 Å². The molecule has 3 rings (SSSR count). The van der Waals surface area contributed by atoms with E-state index in [1.54, 1.807) is 18.3 Å². The highest BCUT2D eigenvalue weighted by Crippen LogP contribution is 2.20. The Kier molecular flexibility index (Phi) is 5.41. The summed E-state index contributed by atoms with van der Waals surface area (Å²) in [5.41, 5.74) is 6.98. The number of aromatic nitrogens is 1. The van der Waals surface area contributed by atoms with Gasteiger partial charge in [0.1, 0.15) is 5.75 Å². The number of benzene rings is 2. The van der Waals surface area contributed by atoms with E-state index in [2.05, 4.69) is 62.0 Å². The lowest BCUT2D eigenvalue weighted by Crippen LogP contribution is -2.17. The third kappa shape index (κ3) is 3.96. The molecular formula is C20H18IN3O2. The van der Waals surface area contributed by atoms with Crippen LogP contribution in [-0.4, -0.2) is 21.8 Å². The number of amides is 1. The predicted octanol–water partition coefficient (Wildman–Crippen LogP) is 4.17. The minimum absolute atomic E-state index is 0.0442. The molecule has 0 saturated carbocycles. The van der Waals surface area contributed by atoms with Crippen molar-refractivity contribution < 1.29 is 9.90 Å². The van der Waals surface area contributed by atoms with Crippen LogP contribution in [0.5, 0.6) is 5.75 Å². The molecule has 0 spiro atoms. The van der Waals surface area contributed by atoms with Crippen molar-refractivity contribution in [3.05, 3.63) is 80.7 Å². The molecule has 0 aliphatic rings. The molecule has 1 aromatic heterocycles. The fourth-order valence-electron chi connectivity index (χ4n) is 2.78. The van der Waals surface area contributed by atoms with Crippen LogP contribution in [0, 0.1) is 17.4 Å². The first kappa shape index (κ1) is 18.2. The van der Waals surface area contributed by atoms with Crippen LogP contribution in [-0.2, 0) is 0 Å². The Bertz CT molecular complexity index is 975. The summed E-state index contributed by atoms with van der Waals surface area (Å²) in [6.07, 6.45) is 1.63. The standard InChI is InChI=1S/C20H18IN3O2/c1-13-10-16(14(2)24(13)18-8-6-17(21)7-9-18)12-22-23-20(26)15-4-3-5-19(25)11-15/h3-12,25H,1-2H3,(H,23,26)/b22-12-. The van der Waals surface area contributed by atoms with Crippen LogP contribution in [0.15, 0.2) is 59.7 Å². The molecule has 132 valence electrons.